The second-order valence-corrected chi connectivity index (χ2v) is 6.05. The molecule has 0 amide bonds. The van der Waals surface area contributed by atoms with Crippen molar-refractivity contribution in [2.45, 2.75) is 50.2 Å². The Morgan fingerprint density at radius 1 is 1.25 bits per heavy atom. The van der Waals surface area contributed by atoms with Crippen molar-refractivity contribution in [1.82, 2.24) is 24.5 Å². The Morgan fingerprint density at radius 3 is 2.85 bits per heavy atom. The molecule has 2 bridgehead atoms. The molecule has 20 heavy (non-hydrogen) atoms. The van der Waals surface area contributed by atoms with Crippen LogP contribution in [-0.4, -0.2) is 49.7 Å². The molecule has 2 fully saturated rings. The maximum atomic E-state index is 4.44. The quantitative estimate of drug-likeness (QED) is 0.899. The SMILES string of the molecule is CN1C2CCCC1CC(Nc1nccn3cnnc13)C2. The lowest BCUT2D eigenvalue weighted by molar-refractivity contribution is 0.0608. The normalized spacial score (nSPS) is 30.6. The van der Waals surface area contributed by atoms with E-state index in [2.05, 4.69) is 32.4 Å². The topological polar surface area (TPSA) is 58.4 Å². The van der Waals surface area contributed by atoms with Gasteiger partial charge in [-0.25, -0.2) is 4.98 Å². The Morgan fingerprint density at radius 2 is 2.05 bits per heavy atom. The van der Waals surface area contributed by atoms with E-state index in [1.165, 1.54) is 32.1 Å². The second kappa shape index (κ2) is 4.70. The smallest absolute Gasteiger partial charge is 0.203 e. The third-order valence-electron chi connectivity index (χ3n) is 4.90. The zero-order valence-corrected chi connectivity index (χ0v) is 11.7. The highest BCUT2D eigenvalue weighted by molar-refractivity contribution is 5.61. The summed E-state index contributed by atoms with van der Waals surface area (Å²) in [5, 5.41) is 11.7. The standard InChI is InChI=1S/C14H20N6/c1-19-11-3-2-4-12(19)8-10(7-11)17-13-14-18-16-9-20(14)6-5-15-13/h5-6,9-12H,2-4,7-8H2,1H3,(H,15,17). The van der Waals surface area contributed by atoms with Crippen LogP contribution in [0.4, 0.5) is 5.82 Å². The molecule has 0 saturated carbocycles. The van der Waals surface area contributed by atoms with Gasteiger partial charge in [0, 0.05) is 30.5 Å². The van der Waals surface area contributed by atoms with Gasteiger partial charge in [-0.1, -0.05) is 6.42 Å². The summed E-state index contributed by atoms with van der Waals surface area (Å²) in [5.41, 5.74) is 0.816. The lowest BCUT2D eigenvalue weighted by Gasteiger charge is -2.47. The molecule has 4 rings (SSSR count). The highest BCUT2D eigenvalue weighted by atomic mass is 15.3. The fraction of sp³-hybridized carbons (Fsp3) is 0.643. The zero-order valence-electron chi connectivity index (χ0n) is 11.7. The molecule has 6 heteroatoms. The molecule has 2 aromatic rings. The first kappa shape index (κ1) is 12.1. The minimum atomic E-state index is 0.497. The van der Waals surface area contributed by atoms with E-state index in [0.29, 0.717) is 6.04 Å². The summed E-state index contributed by atoms with van der Waals surface area (Å²) in [4.78, 5) is 7.01. The highest BCUT2D eigenvalue weighted by Gasteiger charge is 2.36. The van der Waals surface area contributed by atoms with Crippen molar-refractivity contribution in [3.63, 3.8) is 0 Å². The summed E-state index contributed by atoms with van der Waals surface area (Å²) < 4.78 is 1.91. The van der Waals surface area contributed by atoms with Gasteiger partial charge < -0.3 is 10.2 Å². The Labute approximate surface area is 118 Å². The van der Waals surface area contributed by atoms with Crippen LogP contribution in [0.1, 0.15) is 32.1 Å². The molecule has 106 valence electrons. The Balaban J connectivity index is 1.56. The number of nitrogens with one attached hydrogen (secondary N) is 1. The van der Waals surface area contributed by atoms with Crippen LogP contribution in [0.3, 0.4) is 0 Å². The summed E-state index contributed by atoms with van der Waals surface area (Å²) in [6.45, 7) is 0. The average molecular weight is 272 g/mol. The minimum Gasteiger partial charge on any atom is -0.364 e. The second-order valence-electron chi connectivity index (χ2n) is 6.05. The Bertz CT molecular complexity index is 594. The first-order valence-electron chi connectivity index (χ1n) is 7.44. The molecule has 2 saturated heterocycles. The number of nitrogens with zero attached hydrogens (tertiary/aromatic N) is 5. The van der Waals surface area contributed by atoms with Gasteiger partial charge in [-0.3, -0.25) is 4.40 Å². The molecule has 6 nitrogen and oxygen atoms in total. The highest BCUT2D eigenvalue weighted by Crippen LogP contribution is 2.33. The van der Waals surface area contributed by atoms with Crippen LogP contribution in [0.25, 0.3) is 5.65 Å². The van der Waals surface area contributed by atoms with Crippen LogP contribution in [0.5, 0.6) is 0 Å². The third-order valence-corrected chi connectivity index (χ3v) is 4.90. The molecule has 0 aromatic carbocycles. The van der Waals surface area contributed by atoms with Gasteiger partial charge >= 0.3 is 0 Å². The molecule has 2 atom stereocenters. The van der Waals surface area contributed by atoms with Crippen molar-refractivity contribution in [3.8, 4) is 0 Å². The number of rotatable bonds is 2. The van der Waals surface area contributed by atoms with Gasteiger partial charge in [-0.05, 0) is 32.7 Å². The Hall–Kier alpha value is -1.69. The van der Waals surface area contributed by atoms with Gasteiger partial charge in [-0.15, -0.1) is 10.2 Å². The fourth-order valence-corrected chi connectivity index (χ4v) is 3.79. The summed E-state index contributed by atoms with van der Waals surface area (Å²) >= 11 is 0. The van der Waals surface area contributed by atoms with Gasteiger partial charge in [0.05, 0.1) is 0 Å². The van der Waals surface area contributed by atoms with Gasteiger partial charge in [0.1, 0.15) is 6.33 Å². The van der Waals surface area contributed by atoms with E-state index >= 15 is 0 Å². The fourth-order valence-electron chi connectivity index (χ4n) is 3.79. The van der Waals surface area contributed by atoms with E-state index < -0.39 is 0 Å². The molecule has 4 heterocycles. The van der Waals surface area contributed by atoms with E-state index in [-0.39, 0.29) is 0 Å². The largest absolute Gasteiger partial charge is 0.364 e. The monoisotopic (exact) mass is 272 g/mol. The van der Waals surface area contributed by atoms with Crippen LogP contribution in [0.2, 0.25) is 0 Å². The van der Waals surface area contributed by atoms with Gasteiger partial charge in [0.25, 0.3) is 0 Å². The lowest BCUT2D eigenvalue weighted by atomic mass is 9.82. The predicted molar refractivity (Wildman–Crippen MR) is 76.6 cm³/mol. The summed E-state index contributed by atoms with van der Waals surface area (Å²) in [7, 11) is 2.28. The van der Waals surface area contributed by atoms with E-state index in [0.717, 1.165) is 23.5 Å². The van der Waals surface area contributed by atoms with Crippen molar-refractivity contribution in [2.24, 2.45) is 0 Å². The van der Waals surface area contributed by atoms with Crippen molar-refractivity contribution >= 4 is 11.5 Å². The number of hydrogen-bond acceptors (Lipinski definition) is 5. The van der Waals surface area contributed by atoms with Gasteiger partial charge in [0.2, 0.25) is 5.65 Å². The van der Waals surface area contributed by atoms with Crippen molar-refractivity contribution in [1.29, 1.82) is 0 Å². The number of aromatic nitrogens is 4. The molecule has 1 N–H and O–H groups in total. The van der Waals surface area contributed by atoms with Crippen LogP contribution < -0.4 is 5.32 Å². The number of anilines is 1. The predicted octanol–water partition coefficient (Wildman–Crippen LogP) is 1.55. The molecule has 2 aromatic heterocycles. The van der Waals surface area contributed by atoms with Crippen molar-refractivity contribution in [3.05, 3.63) is 18.7 Å². The van der Waals surface area contributed by atoms with Crippen LogP contribution in [0.15, 0.2) is 18.7 Å². The maximum Gasteiger partial charge on any atom is 0.203 e. The van der Waals surface area contributed by atoms with Crippen LogP contribution in [-0.2, 0) is 0 Å². The number of piperidine rings is 2. The molecule has 0 radical (unpaired) electrons. The average Bonchev–Trinajstić information content (AvgIpc) is 2.89. The van der Waals surface area contributed by atoms with E-state index in [1.807, 2.05) is 10.6 Å². The van der Waals surface area contributed by atoms with E-state index in [4.69, 9.17) is 0 Å². The minimum absolute atomic E-state index is 0.497. The lowest BCUT2D eigenvalue weighted by Crippen LogP contribution is -2.52. The Kier molecular flexibility index (Phi) is 2.84. The first-order chi connectivity index (χ1) is 9.81. The van der Waals surface area contributed by atoms with Crippen LogP contribution in [0, 0.1) is 0 Å². The van der Waals surface area contributed by atoms with Crippen molar-refractivity contribution < 1.29 is 0 Å². The molecule has 0 spiro atoms. The number of fused-ring (bicyclic) bond motifs is 3. The molecule has 0 aliphatic carbocycles. The molecular weight excluding hydrogens is 252 g/mol. The molecule has 2 unspecified atom stereocenters. The molecule has 2 aliphatic heterocycles. The van der Waals surface area contributed by atoms with Gasteiger partial charge in [-0.2, -0.15) is 0 Å². The third kappa shape index (κ3) is 1.95. The van der Waals surface area contributed by atoms with Crippen LogP contribution >= 0.6 is 0 Å². The van der Waals surface area contributed by atoms with Gasteiger partial charge in [0.15, 0.2) is 5.82 Å². The molecular formula is C14H20N6. The summed E-state index contributed by atoms with van der Waals surface area (Å²) in [6.07, 6.45) is 11.8. The maximum absolute atomic E-state index is 4.44. The number of hydrogen-bond donors (Lipinski definition) is 1. The summed E-state index contributed by atoms with van der Waals surface area (Å²) in [6, 6.07) is 1.94. The van der Waals surface area contributed by atoms with E-state index in [9.17, 15) is 0 Å². The summed E-state index contributed by atoms with van der Waals surface area (Å²) in [5.74, 6) is 0.859. The zero-order chi connectivity index (χ0) is 13.5. The molecule has 2 aliphatic rings. The van der Waals surface area contributed by atoms with Crippen molar-refractivity contribution in [2.75, 3.05) is 12.4 Å². The first-order valence-corrected chi connectivity index (χ1v) is 7.44. The van der Waals surface area contributed by atoms with E-state index in [1.54, 1.807) is 12.5 Å².